The zero-order chi connectivity index (χ0) is 19.8. The van der Waals surface area contributed by atoms with E-state index < -0.39 is 0 Å². The van der Waals surface area contributed by atoms with Crippen LogP contribution in [0.2, 0.25) is 0 Å². The molecule has 2 amide bonds. The van der Waals surface area contributed by atoms with Gasteiger partial charge in [-0.3, -0.25) is 9.59 Å². The average molecular weight is 375 g/mol. The molecule has 0 spiro atoms. The lowest BCUT2D eigenvalue weighted by molar-refractivity contribution is -0.114. The fourth-order valence-corrected chi connectivity index (χ4v) is 2.61. The van der Waals surface area contributed by atoms with Crippen LogP contribution in [0.15, 0.2) is 78.9 Å². The molecular formula is C22H21N3O3. The van der Waals surface area contributed by atoms with Crippen LogP contribution in [0.1, 0.15) is 10.4 Å². The van der Waals surface area contributed by atoms with E-state index in [0.717, 1.165) is 5.69 Å². The van der Waals surface area contributed by atoms with Crippen LogP contribution < -0.4 is 20.7 Å². The van der Waals surface area contributed by atoms with Crippen LogP contribution in [0.4, 0.5) is 17.1 Å². The Hall–Kier alpha value is -3.80. The van der Waals surface area contributed by atoms with Crippen molar-refractivity contribution in [3.05, 3.63) is 84.4 Å². The highest BCUT2D eigenvalue weighted by Crippen LogP contribution is 2.28. The van der Waals surface area contributed by atoms with E-state index in [1.807, 2.05) is 36.4 Å². The van der Waals surface area contributed by atoms with E-state index in [1.54, 1.807) is 42.5 Å². The van der Waals surface area contributed by atoms with Gasteiger partial charge in [0.25, 0.3) is 5.91 Å². The van der Waals surface area contributed by atoms with Crippen LogP contribution in [0.5, 0.6) is 5.75 Å². The van der Waals surface area contributed by atoms with Crippen LogP contribution in [-0.4, -0.2) is 25.5 Å². The fourth-order valence-electron chi connectivity index (χ4n) is 2.61. The Morgan fingerprint density at radius 3 is 2.18 bits per heavy atom. The third kappa shape index (κ3) is 5.11. The van der Waals surface area contributed by atoms with Gasteiger partial charge in [-0.2, -0.15) is 0 Å². The van der Waals surface area contributed by atoms with E-state index in [9.17, 15) is 9.59 Å². The van der Waals surface area contributed by atoms with E-state index in [-0.39, 0.29) is 18.4 Å². The molecule has 0 saturated heterocycles. The third-order valence-electron chi connectivity index (χ3n) is 3.99. The minimum atomic E-state index is -0.256. The molecule has 3 aromatic rings. The molecular weight excluding hydrogens is 354 g/mol. The Balaban J connectivity index is 1.66. The number of anilines is 3. The van der Waals surface area contributed by atoms with Gasteiger partial charge in [0.05, 0.1) is 19.3 Å². The topological polar surface area (TPSA) is 79.5 Å². The number of methoxy groups -OCH3 is 1. The Morgan fingerprint density at radius 2 is 1.50 bits per heavy atom. The lowest BCUT2D eigenvalue weighted by Gasteiger charge is -2.13. The first-order valence-electron chi connectivity index (χ1n) is 8.79. The molecule has 0 aliphatic heterocycles. The second-order valence-electron chi connectivity index (χ2n) is 6.00. The van der Waals surface area contributed by atoms with Crippen molar-refractivity contribution in [1.82, 2.24) is 0 Å². The standard InChI is InChI=1S/C22H21N3O3/c1-28-20-13-12-18(24-21(26)15-23-17-10-6-3-7-11-17)14-19(20)25-22(27)16-8-4-2-5-9-16/h2-14,23H,15H2,1H3,(H,24,26)(H,25,27). The molecule has 0 fully saturated rings. The molecule has 0 heterocycles. The Bertz CT molecular complexity index is 944. The lowest BCUT2D eigenvalue weighted by atomic mass is 10.2. The first kappa shape index (κ1) is 19.0. The predicted octanol–water partition coefficient (Wildman–Crippen LogP) is 4.00. The smallest absolute Gasteiger partial charge is 0.255 e. The van der Waals surface area contributed by atoms with E-state index in [4.69, 9.17) is 4.74 Å². The maximum atomic E-state index is 12.4. The van der Waals surface area contributed by atoms with Gasteiger partial charge >= 0.3 is 0 Å². The third-order valence-corrected chi connectivity index (χ3v) is 3.99. The average Bonchev–Trinajstić information content (AvgIpc) is 2.74. The van der Waals surface area contributed by atoms with Crippen molar-refractivity contribution in [2.75, 3.05) is 29.6 Å². The minimum Gasteiger partial charge on any atom is -0.495 e. The summed E-state index contributed by atoms with van der Waals surface area (Å²) in [6, 6.07) is 23.4. The SMILES string of the molecule is COc1ccc(NC(=O)CNc2ccccc2)cc1NC(=O)c1ccccc1. The van der Waals surface area contributed by atoms with Crippen LogP contribution in [-0.2, 0) is 4.79 Å². The highest BCUT2D eigenvalue weighted by atomic mass is 16.5. The summed E-state index contributed by atoms with van der Waals surface area (Å²) in [4.78, 5) is 24.6. The Morgan fingerprint density at radius 1 is 0.821 bits per heavy atom. The largest absolute Gasteiger partial charge is 0.495 e. The maximum absolute atomic E-state index is 12.4. The Labute approximate surface area is 163 Å². The number of para-hydroxylation sites is 1. The number of hydrogen-bond donors (Lipinski definition) is 3. The van der Waals surface area contributed by atoms with Gasteiger partial charge in [-0.25, -0.2) is 0 Å². The summed E-state index contributed by atoms with van der Waals surface area (Å²) in [5.41, 5.74) is 2.43. The van der Waals surface area contributed by atoms with Gasteiger partial charge in [-0.15, -0.1) is 0 Å². The van der Waals surface area contributed by atoms with Crippen molar-refractivity contribution in [3.8, 4) is 5.75 Å². The van der Waals surface area contributed by atoms with Gasteiger partial charge < -0.3 is 20.7 Å². The van der Waals surface area contributed by atoms with E-state index in [2.05, 4.69) is 16.0 Å². The summed E-state index contributed by atoms with van der Waals surface area (Å²) in [5, 5.41) is 8.68. The second-order valence-corrected chi connectivity index (χ2v) is 6.00. The molecule has 0 aromatic heterocycles. The molecule has 0 atom stereocenters. The quantitative estimate of drug-likeness (QED) is 0.583. The number of ether oxygens (including phenoxy) is 1. The highest BCUT2D eigenvalue weighted by Gasteiger charge is 2.11. The number of carbonyl (C=O) groups excluding carboxylic acids is 2. The van der Waals surface area contributed by atoms with Crippen LogP contribution >= 0.6 is 0 Å². The highest BCUT2D eigenvalue weighted by molar-refractivity contribution is 6.05. The summed E-state index contributed by atoms with van der Waals surface area (Å²) < 4.78 is 5.31. The molecule has 0 unspecified atom stereocenters. The predicted molar refractivity (Wildman–Crippen MR) is 111 cm³/mol. The van der Waals surface area contributed by atoms with Crippen molar-refractivity contribution < 1.29 is 14.3 Å². The molecule has 0 saturated carbocycles. The molecule has 0 bridgehead atoms. The van der Waals surface area contributed by atoms with Gasteiger partial charge in [-0.05, 0) is 42.5 Å². The van der Waals surface area contributed by atoms with Crippen molar-refractivity contribution in [1.29, 1.82) is 0 Å². The van der Waals surface area contributed by atoms with E-state index in [0.29, 0.717) is 22.7 Å². The summed E-state index contributed by atoms with van der Waals surface area (Å²) >= 11 is 0. The summed E-state index contributed by atoms with van der Waals surface area (Å²) in [6.45, 7) is 0.127. The minimum absolute atomic E-state index is 0.127. The zero-order valence-corrected chi connectivity index (χ0v) is 15.4. The monoisotopic (exact) mass is 375 g/mol. The van der Waals surface area contributed by atoms with Gasteiger partial charge in [0.15, 0.2) is 0 Å². The van der Waals surface area contributed by atoms with Crippen molar-refractivity contribution in [2.24, 2.45) is 0 Å². The molecule has 0 radical (unpaired) electrons. The van der Waals surface area contributed by atoms with Gasteiger partial charge in [0.2, 0.25) is 5.91 Å². The van der Waals surface area contributed by atoms with Gasteiger partial charge in [0.1, 0.15) is 5.75 Å². The lowest BCUT2D eigenvalue weighted by Crippen LogP contribution is -2.22. The van der Waals surface area contributed by atoms with Crippen molar-refractivity contribution in [2.45, 2.75) is 0 Å². The molecule has 3 aromatic carbocycles. The zero-order valence-electron chi connectivity index (χ0n) is 15.4. The number of rotatable bonds is 7. The molecule has 0 aliphatic rings. The first-order valence-corrected chi connectivity index (χ1v) is 8.79. The summed E-state index contributed by atoms with van der Waals surface area (Å²) in [7, 11) is 1.52. The number of amides is 2. The summed E-state index contributed by atoms with van der Waals surface area (Å²) in [5.74, 6) is 0.0483. The summed E-state index contributed by atoms with van der Waals surface area (Å²) in [6.07, 6.45) is 0. The molecule has 28 heavy (non-hydrogen) atoms. The molecule has 3 N–H and O–H groups in total. The van der Waals surface area contributed by atoms with E-state index in [1.165, 1.54) is 7.11 Å². The van der Waals surface area contributed by atoms with Crippen molar-refractivity contribution in [3.63, 3.8) is 0 Å². The van der Waals surface area contributed by atoms with Crippen LogP contribution in [0.25, 0.3) is 0 Å². The molecule has 0 aliphatic carbocycles. The second kappa shape index (κ2) is 9.23. The van der Waals surface area contributed by atoms with Gasteiger partial charge in [0, 0.05) is 16.9 Å². The number of nitrogens with one attached hydrogen (secondary N) is 3. The van der Waals surface area contributed by atoms with Crippen LogP contribution in [0, 0.1) is 0 Å². The first-order chi connectivity index (χ1) is 13.7. The van der Waals surface area contributed by atoms with E-state index >= 15 is 0 Å². The number of carbonyl (C=O) groups is 2. The van der Waals surface area contributed by atoms with Crippen LogP contribution in [0.3, 0.4) is 0 Å². The fraction of sp³-hybridized carbons (Fsp3) is 0.0909. The Kier molecular flexibility index (Phi) is 6.25. The molecule has 6 heteroatoms. The number of benzene rings is 3. The maximum Gasteiger partial charge on any atom is 0.255 e. The number of hydrogen-bond acceptors (Lipinski definition) is 4. The molecule has 142 valence electrons. The van der Waals surface area contributed by atoms with Gasteiger partial charge in [-0.1, -0.05) is 36.4 Å². The molecule has 3 rings (SSSR count). The normalized spacial score (nSPS) is 10.0. The molecule has 6 nitrogen and oxygen atoms in total. The van der Waals surface area contributed by atoms with Crippen molar-refractivity contribution >= 4 is 28.9 Å².